The first-order valence-electron chi connectivity index (χ1n) is 6.23. The van der Waals surface area contributed by atoms with Crippen molar-refractivity contribution < 1.29 is 14.1 Å². The molecule has 1 aliphatic rings. The van der Waals surface area contributed by atoms with E-state index in [4.69, 9.17) is 16.6 Å². The quantitative estimate of drug-likeness (QED) is 0.226. The van der Waals surface area contributed by atoms with Gasteiger partial charge in [-0.15, -0.1) is 0 Å². The third kappa shape index (κ3) is 3.31. The van der Waals surface area contributed by atoms with E-state index in [0.29, 0.717) is 24.4 Å². The van der Waals surface area contributed by atoms with Crippen LogP contribution in [-0.4, -0.2) is 15.2 Å². The molecule has 1 aromatic carbocycles. The largest absolute Gasteiger partial charge is 0.451 e. The monoisotopic (exact) mass is 458 g/mol. The normalized spacial score (nSPS) is 16.4. The van der Waals surface area contributed by atoms with Crippen molar-refractivity contribution in [1.29, 1.82) is 0 Å². The van der Waals surface area contributed by atoms with Crippen molar-refractivity contribution in [2.24, 2.45) is 0 Å². The number of rotatable bonds is 3. The van der Waals surface area contributed by atoms with Gasteiger partial charge in [-0.1, -0.05) is 30.0 Å². The van der Waals surface area contributed by atoms with Crippen molar-refractivity contribution in [2.75, 3.05) is 4.90 Å². The number of carbonyl (C=O) groups excluding carboxylic acids is 1. The highest BCUT2D eigenvalue weighted by atomic mass is 127. The Morgan fingerprint density at radius 3 is 2.78 bits per heavy atom. The molecule has 1 saturated heterocycles. The number of furan rings is 1. The van der Waals surface area contributed by atoms with Crippen LogP contribution in [0, 0.1) is 13.9 Å². The molecule has 0 spiro atoms. The van der Waals surface area contributed by atoms with Crippen LogP contribution in [0.2, 0.25) is 0 Å². The van der Waals surface area contributed by atoms with Gasteiger partial charge < -0.3 is 4.42 Å². The number of hydrogen-bond donors (Lipinski definition) is 0. The van der Waals surface area contributed by atoms with Gasteiger partial charge in [-0.3, -0.25) is 19.8 Å². The molecule has 0 N–H and O–H groups in total. The minimum atomic E-state index is -0.512. The molecule has 116 valence electrons. The Morgan fingerprint density at radius 1 is 1.35 bits per heavy atom. The minimum Gasteiger partial charge on any atom is -0.451 e. The zero-order valence-electron chi connectivity index (χ0n) is 11.3. The van der Waals surface area contributed by atoms with E-state index in [1.54, 1.807) is 24.3 Å². The van der Waals surface area contributed by atoms with Crippen molar-refractivity contribution in [1.82, 2.24) is 0 Å². The zero-order chi connectivity index (χ0) is 16.6. The molecule has 0 radical (unpaired) electrons. The first-order valence-corrected chi connectivity index (χ1v) is 8.54. The Morgan fingerprint density at radius 2 is 2.13 bits per heavy atom. The summed E-state index contributed by atoms with van der Waals surface area (Å²) in [6, 6.07) is 9.35. The predicted molar refractivity (Wildman–Crippen MR) is 100 cm³/mol. The van der Waals surface area contributed by atoms with E-state index in [-0.39, 0.29) is 11.6 Å². The van der Waals surface area contributed by atoms with E-state index < -0.39 is 4.92 Å². The molecule has 1 amide bonds. The summed E-state index contributed by atoms with van der Waals surface area (Å²) in [6.45, 7) is 0. The van der Waals surface area contributed by atoms with Crippen LogP contribution in [0.1, 0.15) is 5.76 Å². The van der Waals surface area contributed by atoms with Crippen LogP contribution in [0.5, 0.6) is 0 Å². The number of anilines is 1. The first-order chi connectivity index (χ1) is 11.0. The lowest BCUT2D eigenvalue weighted by Gasteiger charge is -2.13. The summed E-state index contributed by atoms with van der Waals surface area (Å²) in [7, 11) is 0. The molecule has 1 aliphatic heterocycles. The third-order valence-electron chi connectivity index (χ3n) is 2.96. The van der Waals surface area contributed by atoms with E-state index in [2.05, 4.69) is 0 Å². The summed E-state index contributed by atoms with van der Waals surface area (Å²) in [4.78, 5) is 24.6. The Balaban J connectivity index is 1.94. The molecule has 23 heavy (non-hydrogen) atoms. The summed E-state index contributed by atoms with van der Waals surface area (Å²) in [5.41, 5.74) is 0.278. The van der Waals surface area contributed by atoms with E-state index in [9.17, 15) is 14.9 Å². The van der Waals surface area contributed by atoms with Gasteiger partial charge in [-0.05, 0) is 40.8 Å². The lowest BCUT2D eigenvalue weighted by atomic mass is 10.2. The van der Waals surface area contributed by atoms with Crippen LogP contribution in [0.4, 0.5) is 11.4 Å². The van der Waals surface area contributed by atoms with Gasteiger partial charge in [0, 0.05) is 18.2 Å². The Labute approximate surface area is 153 Å². The topological polar surface area (TPSA) is 76.6 Å². The number of hydrogen-bond acceptors (Lipinski definition) is 6. The maximum atomic E-state index is 12.5. The van der Waals surface area contributed by atoms with Gasteiger partial charge in [0.05, 0.1) is 15.5 Å². The molecule has 2 aromatic rings. The second-order valence-electron chi connectivity index (χ2n) is 4.44. The van der Waals surface area contributed by atoms with Crippen molar-refractivity contribution >= 4 is 74.2 Å². The third-order valence-corrected chi connectivity index (χ3v) is 4.84. The van der Waals surface area contributed by atoms with Crippen molar-refractivity contribution in [3.63, 3.8) is 0 Å². The number of non-ortho nitro benzene ring substituents is 1. The second kappa shape index (κ2) is 6.42. The van der Waals surface area contributed by atoms with Gasteiger partial charge in [-0.25, -0.2) is 0 Å². The molecule has 2 heterocycles. The number of thioether (sulfide) groups is 1. The van der Waals surface area contributed by atoms with Gasteiger partial charge in [0.15, 0.2) is 8.09 Å². The summed E-state index contributed by atoms with van der Waals surface area (Å²) in [5, 5.41) is 10.9. The molecule has 1 fully saturated rings. The number of thiocarbonyl (C=S) groups is 1. The molecule has 0 unspecified atom stereocenters. The van der Waals surface area contributed by atoms with Gasteiger partial charge >= 0.3 is 0 Å². The SMILES string of the molecule is O=C1/C(=C\c2ccc(I)o2)SC(=S)N1c1cccc([N+](=O)[O-])c1. The fourth-order valence-electron chi connectivity index (χ4n) is 1.97. The lowest BCUT2D eigenvalue weighted by molar-refractivity contribution is -0.384. The first kappa shape index (κ1) is 16.1. The van der Waals surface area contributed by atoms with Crippen LogP contribution in [0.3, 0.4) is 0 Å². The number of carbonyl (C=O) groups is 1. The minimum absolute atomic E-state index is 0.0962. The van der Waals surface area contributed by atoms with E-state index in [1.165, 1.54) is 23.1 Å². The Bertz CT molecular complexity index is 862. The molecular formula is C14H7IN2O4S2. The molecule has 0 aliphatic carbocycles. The van der Waals surface area contributed by atoms with Gasteiger partial charge in [-0.2, -0.15) is 0 Å². The Kier molecular flexibility index (Phi) is 4.50. The lowest BCUT2D eigenvalue weighted by Crippen LogP contribution is -2.27. The van der Waals surface area contributed by atoms with Gasteiger partial charge in [0.1, 0.15) is 5.76 Å². The number of nitro benzene ring substituents is 1. The molecule has 0 bridgehead atoms. The average Bonchev–Trinajstić information content (AvgIpc) is 3.03. The maximum absolute atomic E-state index is 12.5. The van der Waals surface area contributed by atoms with E-state index in [1.807, 2.05) is 22.6 Å². The summed E-state index contributed by atoms with van der Waals surface area (Å²) in [6.07, 6.45) is 1.61. The summed E-state index contributed by atoms with van der Waals surface area (Å²) >= 11 is 8.40. The summed E-state index contributed by atoms with van der Waals surface area (Å²) in [5.74, 6) is 0.223. The van der Waals surface area contributed by atoms with Crippen molar-refractivity contribution in [3.05, 3.63) is 60.9 Å². The maximum Gasteiger partial charge on any atom is 0.271 e. The predicted octanol–water partition coefficient (Wildman–Crippen LogP) is 4.20. The van der Waals surface area contributed by atoms with E-state index in [0.717, 1.165) is 11.8 Å². The Hall–Kier alpha value is -1.72. The highest BCUT2D eigenvalue weighted by Gasteiger charge is 2.34. The van der Waals surface area contributed by atoms with Crippen LogP contribution in [-0.2, 0) is 4.79 Å². The highest BCUT2D eigenvalue weighted by molar-refractivity contribution is 14.1. The molecule has 3 rings (SSSR count). The second-order valence-corrected chi connectivity index (χ2v) is 7.17. The fourth-order valence-corrected chi connectivity index (χ4v) is 3.68. The molecule has 1 aromatic heterocycles. The van der Waals surface area contributed by atoms with Crippen LogP contribution >= 0.6 is 46.6 Å². The zero-order valence-corrected chi connectivity index (χ0v) is 15.1. The number of amides is 1. The van der Waals surface area contributed by atoms with Crippen LogP contribution in [0.25, 0.3) is 6.08 Å². The smallest absolute Gasteiger partial charge is 0.271 e. The van der Waals surface area contributed by atoms with Crippen molar-refractivity contribution in [2.45, 2.75) is 0 Å². The number of nitro groups is 1. The number of halogens is 1. The highest BCUT2D eigenvalue weighted by Crippen LogP contribution is 2.37. The molecule has 9 heteroatoms. The average molecular weight is 458 g/mol. The molecular weight excluding hydrogens is 451 g/mol. The fraction of sp³-hybridized carbons (Fsp3) is 0. The van der Waals surface area contributed by atoms with Crippen LogP contribution < -0.4 is 4.90 Å². The molecule has 0 atom stereocenters. The summed E-state index contributed by atoms with van der Waals surface area (Å²) < 4.78 is 6.45. The van der Waals surface area contributed by atoms with Crippen LogP contribution in [0.15, 0.2) is 45.7 Å². The van der Waals surface area contributed by atoms with Gasteiger partial charge in [0.25, 0.3) is 11.6 Å². The standard InChI is InChI=1S/C14H7IN2O4S2/c15-12-5-4-10(21-12)7-11-13(18)16(14(22)23-11)8-2-1-3-9(6-8)17(19)20/h1-7H/b11-7+. The number of nitrogens with zero attached hydrogens (tertiary/aromatic N) is 2. The van der Waals surface area contributed by atoms with Gasteiger partial charge in [0.2, 0.25) is 0 Å². The van der Waals surface area contributed by atoms with Crippen molar-refractivity contribution in [3.8, 4) is 0 Å². The molecule has 0 saturated carbocycles. The number of benzene rings is 1. The molecule has 6 nitrogen and oxygen atoms in total. The van der Waals surface area contributed by atoms with E-state index >= 15 is 0 Å².